The second-order valence-corrected chi connectivity index (χ2v) is 6.79. The van der Waals surface area contributed by atoms with Crippen molar-refractivity contribution >= 4 is 11.8 Å². The van der Waals surface area contributed by atoms with Crippen molar-refractivity contribution in [3.05, 3.63) is 35.4 Å². The summed E-state index contributed by atoms with van der Waals surface area (Å²) >= 11 is 0. The summed E-state index contributed by atoms with van der Waals surface area (Å²) in [7, 11) is 2.18. The van der Waals surface area contributed by atoms with Crippen LogP contribution in [0.4, 0.5) is 0 Å². The lowest BCUT2D eigenvalue weighted by Gasteiger charge is -2.27. The van der Waals surface area contributed by atoms with Crippen LogP contribution >= 0.6 is 0 Å². The molecule has 0 saturated heterocycles. The predicted octanol–water partition coefficient (Wildman–Crippen LogP) is 3.33. The van der Waals surface area contributed by atoms with E-state index in [1.807, 2.05) is 12.1 Å². The molecule has 1 heterocycles. The van der Waals surface area contributed by atoms with Gasteiger partial charge in [-0.25, -0.2) is 0 Å². The fraction of sp³-hybridized carbons (Fsp3) is 0.579. The molecule has 23 heavy (non-hydrogen) atoms. The van der Waals surface area contributed by atoms with Crippen molar-refractivity contribution in [3.8, 4) is 0 Å². The molecule has 1 aromatic carbocycles. The van der Waals surface area contributed by atoms with Crippen LogP contribution in [0.15, 0.2) is 24.3 Å². The third kappa shape index (κ3) is 3.47. The predicted molar refractivity (Wildman–Crippen MR) is 90.5 cm³/mol. The Kier molecular flexibility index (Phi) is 5.11. The van der Waals surface area contributed by atoms with Crippen LogP contribution < -0.4 is 0 Å². The van der Waals surface area contributed by atoms with Gasteiger partial charge in [-0.15, -0.1) is 0 Å². The zero-order chi connectivity index (χ0) is 16.2. The highest BCUT2D eigenvalue weighted by molar-refractivity contribution is 6.21. The molecule has 3 rings (SSSR count). The third-order valence-corrected chi connectivity index (χ3v) is 5.22. The van der Waals surface area contributed by atoms with E-state index in [4.69, 9.17) is 0 Å². The van der Waals surface area contributed by atoms with Crippen LogP contribution in [-0.4, -0.2) is 47.8 Å². The molecule has 2 amide bonds. The van der Waals surface area contributed by atoms with Crippen molar-refractivity contribution in [2.45, 2.75) is 51.0 Å². The molecular formula is C19H26N2O2. The Hall–Kier alpha value is -1.68. The lowest BCUT2D eigenvalue weighted by atomic mass is 10.1. The van der Waals surface area contributed by atoms with Gasteiger partial charge in [-0.05, 0) is 45.0 Å². The molecular weight excluding hydrogens is 288 g/mol. The van der Waals surface area contributed by atoms with E-state index in [0.29, 0.717) is 23.7 Å². The maximum Gasteiger partial charge on any atom is 0.261 e. The molecule has 4 nitrogen and oxygen atoms in total. The highest BCUT2D eigenvalue weighted by atomic mass is 16.2. The number of benzene rings is 1. The molecule has 1 saturated carbocycles. The minimum Gasteiger partial charge on any atom is -0.303 e. The second kappa shape index (κ2) is 7.26. The molecule has 0 bridgehead atoms. The van der Waals surface area contributed by atoms with E-state index >= 15 is 0 Å². The standard InChI is InChI=1S/C19H26N2O2/c1-20(15-9-4-2-3-5-10-15)13-8-14-21-18(22)16-11-6-7-12-17(16)19(21)23/h6-7,11-12,15H,2-5,8-10,13-14H2,1H3. The van der Waals surface area contributed by atoms with Gasteiger partial charge in [0.15, 0.2) is 0 Å². The molecule has 1 aliphatic heterocycles. The number of fused-ring (bicyclic) bond motifs is 1. The molecule has 0 N–H and O–H groups in total. The number of imide groups is 1. The fourth-order valence-electron chi connectivity index (χ4n) is 3.80. The minimum absolute atomic E-state index is 0.136. The van der Waals surface area contributed by atoms with Crippen LogP contribution in [0, 0.1) is 0 Å². The molecule has 0 atom stereocenters. The zero-order valence-electron chi connectivity index (χ0n) is 14.0. The van der Waals surface area contributed by atoms with Gasteiger partial charge in [0.1, 0.15) is 0 Å². The molecule has 1 fully saturated rings. The first-order valence-electron chi connectivity index (χ1n) is 8.84. The minimum atomic E-state index is -0.136. The van der Waals surface area contributed by atoms with E-state index < -0.39 is 0 Å². The average Bonchev–Trinajstić information content (AvgIpc) is 2.78. The smallest absolute Gasteiger partial charge is 0.261 e. The molecule has 2 aliphatic rings. The van der Waals surface area contributed by atoms with E-state index in [1.165, 1.54) is 43.4 Å². The van der Waals surface area contributed by atoms with Crippen molar-refractivity contribution in [3.63, 3.8) is 0 Å². The van der Waals surface area contributed by atoms with Crippen molar-refractivity contribution in [2.75, 3.05) is 20.1 Å². The van der Waals surface area contributed by atoms with Crippen LogP contribution in [0.25, 0.3) is 0 Å². The molecule has 0 radical (unpaired) electrons. The molecule has 4 heteroatoms. The number of carbonyl (C=O) groups excluding carboxylic acids is 2. The second-order valence-electron chi connectivity index (χ2n) is 6.79. The SMILES string of the molecule is CN(CCCN1C(=O)c2ccccc2C1=O)C1CCCCCC1. The van der Waals surface area contributed by atoms with Crippen molar-refractivity contribution < 1.29 is 9.59 Å². The van der Waals surface area contributed by atoms with Gasteiger partial charge >= 0.3 is 0 Å². The highest BCUT2D eigenvalue weighted by Crippen LogP contribution is 2.23. The van der Waals surface area contributed by atoms with Crippen molar-refractivity contribution in [1.29, 1.82) is 0 Å². The summed E-state index contributed by atoms with van der Waals surface area (Å²) in [5, 5.41) is 0. The average molecular weight is 314 g/mol. The summed E-state index contributed by atoms with van der Waals surface area (Å²) in [4.78, 5) is 28.5. The van der Waals surface area contributed by atoms with Gasteiger partial charge in [0.05, 0.1) is 11.1 Å². The Morgan fingerprint density at radius 1 is 1.00 bits per heavy atom. The van der Waals surface area contributed by atoms with Gasteiger partial charge in [-0.2, -0.15) is 0 Å². The topological polar surface area (TPSA) is 40.6 Å². The van der Waals surface area contributed by atoms with Gasteiger partial charge in [0.2, 0.25) is 0 Å². The van der Waals surface area contributed by atoms with E-state index in [-0.39, 0.29) is 11.8 Å². The maximum atomic E-state index is 12.3. The molecule has 0 unspecified atom stereocenters. The summed E-state index contributed by atoms with van der Waals surface area (Å²) in [5.74, 6) is -0.273. The zero-order valence-corrected chi connectivity index (χ0v) is 14.0. The van der Waals surface area contributed by atoms with Gasteiger partial charge in [0, 0.05) is 12.6 Å². The van der Waals surface area contributed by atoms with Crippen LogP contribution in [-0.2, 0) is 0 Å². The lowest BCUT2D eigenvalue weighted by Crippen LogP contribution is -2.36. The summed E-state index contributed by atoms with van der Waals surface area (Å²) in [5.41, 5.74) is 1.10. The quantitative estimate of drug-likeness (QED) is 0.618. The van der Waals surface area contributed by atoms with Gasteiger partial charge < -0.3 is 4.90 Å². The number of amides is 2. The van der Waals surface area contributed by atoms with E-state index in [0.717, 1.165) is 13.0 Å². The molecule has 0 spiro atoms. The molecule has 124 valence electrons. The summed E-state index contributed by atoms with van der Waals surface area (Å²) in [6.45, 7) is 1.46. The van der Waals surface area contributed by atoms with E-state index in [2.05, 4.69) is 11.9 Å². The molecule has 1 aliphatic carbocycles. The Balaban J connectivity index is 1.51. The fourth-order valence-corrected chi connectivity index (χ4v) is 3.80. The highest BCUT2D eigenvalue weighted by Gasteiger charge is 2.34. The lowest BCUT2D eigenvalue weighted by molar-refractivity contribution is 0.0646. The number of rotatable bonds is 5. The maximum absolute atomic E-state index is 12.3. The van der Waals surface area contributed by atoms with Crippen LogP contribution in [0.3, 0.4) is 0 Å². The Bertz CT molecular complexity index is 541. The van der Waals surface area contributed by atoms with E-state index in [9.17, 15) is 9.59 Å². The van der Waals surface area contributed by atoms with Crippen molar-refractivity contribution in [1.82, 2.24) is 9.80 Å². The molecule has 0 aromatic heterocycles. The normalized spacial score (nSPS) is 19.3. The molecule has 1 aromatic rings. The number of hydrogen-bond donors (Lipinski definition) is 0. The first-order valence-corrected chi connectivity index (χ1v) is 8.84. The summed E-state index contributed by atoms with van der Waals surface area (Å²) in [6.07, 6.45) is 8.78. The first kappa shape index (κ1) is 16.2. The number of nitrogens with zero attached hydrogens (tertiary/aromatic N) is 2. The Labute approximate surface area is 138 Å². The van der Waals surface area contributed by atoms with Crippen molar-refractivity contribution in [2.24, 2.45) is 0 Å². The van der Waals surface area contributed by atoms with Crippen LogP contribution in [0.2, 0.25) is 0 Å². The third-order valence-electron chi connectivity index (χ3n) is 5.22. The van der Waals surface area contributed by atoms with Gasteiger partial charge in [0.25, 0.3) is 11.8 Å². The van der Waals surface area contributed by atoms with Crippen LogP contribution in [0.1, 0.15) is 65.7 Å². The first-order chi connectivity index (χ1) is 11.2. The summed E-state index contributed by atoms with van der Waals surface area (Å²) in [6, 6.07) is 7.78. The number of hydrogen-bond acceptors (Lipinski definition) is 3. The Morgan fingerprint density at radius 3 is 2.13 bits per heavy atom. The summed E-state index contributed by atoms with van der Waals surface area (Å²) < 4.78 is 0. The van der Waals surface area contributed by atoms with E-state index in [1.54, 1.807) is 12.1 Å². The van der Waals surface area contributed by atoms with Gasteiger partial charge in [-0.3, -0.25) is 14.5 Å². The Morgan fingerprint density at radius 2 is 1.57 bits per heavy atom. The largest absolute Gasteiger partial charge is 0.303 e. The number of carbonyl (C=O) groups is 2. The monoisotopic (exact) mass is 314 g/mol. The van der Waals surface area contributed by atoms with Gasteiger partial charge in [-0.1, -0.05) is 37.8 Å². The van der Waals surface area contributed by atoms with Crippen LogP contribution in [0.5, 0.6) is 0 Å².